The molecule has 0 aromatic heterocycles. The van der Waals surface area contributed by atoms with Crippen LogP contribution in [-0.2, 0) is 4.79 Å². The largest absolute Gasteiger partial charge is 0.493 e. The van der Waals surface area contributed by atoms with Gasteiger partial charge in [-0.05, 0) is 48.2 Å². The van der Waals surface area contributed by atoms with Gasteiger partial charge in [0.25, 0.3) is 0 Å². The van der Waals surface area contributed by atoms with E-state index in [1.54, 1.807) is 23.9 Å². The van der Waals surface area contributed by atoms with E-state index in [1.807, 2.05) is 31.2 Å². The molecule has 1 amide bonds. The van der Waals surface area contributed by atoms with Gasteiger partial charge in [0.1, 0.15) is 5.75 Å². The molecule has 0 aliphatic rings. The van der Waals surface area contributed by atoms with E-state index in [2.05, 4.69) is 25.2 Å². The van der Waals surface area contributed by atoms with Gasteiger partial charge in [-0.15, -0.1) is 11.8 Å². The van der Waals surface area contributed by atoms with Gasteiger partial charge in [-0.25, -0.2) is 0 Å². The Balaban J connectivity index is 1.75. The molecule has 134 valence electrons. The first kappa shape index (κ1) is 19.7. The van der Waals surface area contributed by atoms with Crippen molar-refractivity contribution in [3.63, 3.8) is 0 Å². The summed E-state index contributed by atoms with van der Waals surface area (Å²) in [5, 5.41) is 3.75. The average Bonchev–Trinajstić information content (AvgIpc) is 2.58. The molecule has 0 bridgehead atoms. The minimum Gasteiger partial charge on any atom is -0.493 e. The van der Waals surface area contributed by atoms with Gasteiger partial charge in [0.2, 0.25) is 5.91 Å². The molecule has 0 spiro atoms. The Kier molecular flexibility index (Phi) is 7.66. The Bertz CT molecular complexity index is 701. The van der Waals surface area contributed by atoms with E-state index in [4.69, 9.17) is 16.3 Å². The number of para-hydroxylation sites is 1. The maximum atomic E-state index is 12.2. The van der Waals surface area contributed by atoms with Crippen LogP contribution in [0.15, 0.2) is 42.5 Å². The van der Waals surface area contributed by atoms with Crippen LogP contribution in [0.5, 0.6) is 5.75 Å². The SMILES string of the molecule is Cc1cccc(C(C)C)c1NC(=O)CSCCOc1ccc(Cl)cc1. The lowest BCUT2D eigenvalue weighted by Crippen LogP contribution is -2.17. The first-order valence-corrected chi connectivity index (χ1v) is 9.86. The molecule has 0 saturated heterocycles. The Labute approximate surface area is 159 Å². The highest BCUT2D eigenvalue weighted by Gasteiger charge is 2.11. The zero-order valence-corrected chi connectivity index (χ0v) is 16.4. The zero-order chi connectivity index (χ0) is 18.2. The smallest absolute Gasteiger partial charge is 0.234 e. The molecule has 0 radical (unpaired) electrons. The van der Waals surface area contributed by atoms with Crippen LogP contribution in [0.4, 0.5) is 5.69 Å². The molecule has 0 unspecified atom stereocenters. The van der Waals surface area contributed by atoms with Gasteiger partial charge >= 0.3 is 0 Å². The molecule has 0 aliphatic heterocycles. The van der Waals surface area contributed by atoms with Crippen molar-refractivity contribution >= 4 is 35.0 Å². The summed E-state index contributed by atoms with van der Waals surface area (Å²) in [4.78, 5) is 12.2. The van der Waals surface area contributed by atoms with Crippen molar-refractivity contribution in [2.24, 2.45) is 0 Å². The number of carbonyl (C=O) groups excluding carboxylic acids is 1. The predicted octanol–water partition coefficient (Wildman–Crippen LogP) is 5.52. The quantitative estimate of drug-likeness (QED) is 0.615. The lowest BCUT2D eigenvalue weighted by atomic mass is 9.98. The third kappa shape index (κ3) is 6.29. The van der Waals surface area contributed by atoms with Gasteiger partial charge in [-0.3, -0.25) is 4.79 Å². The Hall–Kier alpha value is -1.65. The highest BCUT2D eigenvalue weighted by Crippen LogP contribution is 2.27. The van der Waals surface area contributed by atoms with Crippen LogP contribution < -0.4 is 10.1 Å². The summed E-state index contributed by atoms with van der Waals surface area (Å²) >= 11 is 7.39. The van der Waals surface area contributed by atoms with Crippen LogP contribution in [0.3, 0.4) is 0 Å². The Morgan fingerprint density at radius 1 is 1.20 bits per heavy atom. The Morgan fingerprint density at radius 2 is 1.92 bits per heavy atom. The summed E-state index contributed by atoms with van der Waals surface area (Å²) in [6, 6.07) is 13.4. The minimum atomic E-state index is 0.0210. The van der Waals surface area contributed by atoms with Gasteiger partial charge in [-0.1, -0.05) is 43.6 Å². The summed E-state index contributed by atoms with van der Waals surface area (Å²) < 4.78 is 5.62. The predicted molar refractivity (Wildman–Crippen MR) is 108 cm³/mol. The number of carbonyl (C=O) groups is 1. The summed E-state index contributed by atoms with van der Waals surface area (Å²) in [6.07, 6.45) is 0. The second-order valence-electron chi connectivity index (χ2n) is 6.10. The summed E-state index contributed by atoms with van der Waals surface area (Å²) in [5.74, 6) is 2.34. The van der Waals surface area contributed by atoms with E-state index < -0.39 is 0 Å². The van der Waals surface area contributed by atoms with E-state index in [9.17, 15) is 4.79 Å². The normalized spacial score (nSPS) is 10.8. The van der Waals surface area contributed by atoms with Gasteiger partial charge in [0, 0.05) is 16.5 Å². The van der Waals surface area contributed by atoms with Crippen molar-refractivity contribution in [1.29, 1.82) is 0 Å². The van der Waals surface area contributed by atoms with Gasteiger partial charge in [0.05, 0.1) is 12.4 Å². The van der Waals surface area contributed by atoms with E-state index in [0.29, 0.717) is 23.3 Å². The molecule has 0 heterocycles. The highest BCUT2D eigenvalue weighted by molar-refractivity contribution is 7.99. The number of amides is 1. The van der Waals surface area contributed by atoms with E-state index in [1.165, 1.54) is 5.56 Å². The molecule has 2 rings (SSSR count). The fourth-order valence-electron chi connectivity index (χ4n) is 2.43. The summed E-state index contributed by atoms with van der Waals surface area (Å²) in [6.45, 7) is 6.84. The number of anilines is 1. The number of thioether (sulfide) groups is 1. The molecule has 0 saturated carbocycles. The maximum absolute atomic E-state index is 12.2. The molecule has 1 N–H and O–H groups in total. The lowest BCUT2D eigenvalue weighted by molar-refractivity contribution is -0.113. The van der Waals surface area contributed by atoms with E-state index >= 15 is 0 Å². The number of benzene rings is 2. The van der Waals surface area contributed by atoms with E-state index in [0.717, 1.165) is 22.8 Å². The monoisotopic (exact) mass is 377 g/mol. The summed E-state index contributed by atoms with van der Waals surface area (Å²) in [5.41, 5.74) is 3.21. The lowest BCUT2D eigenvalue weighted by Gasteiger charge is -2.16. The van der Waals surface area contributed by atoms with Crippen molar-refractivity contribution in [2.75, 3.05) is 23.4 Å². The molecule has 2 aromatic carbocycles. The van der Waals surface area contributed by atoms with Crippen molar-refractivity contribution in [3.05, 3.63) is 58.6 Å². The van der Waals surface area contributed by atoms with Crippen molar-refractivity contribution < 1.29 is 9.53 Å². The number of rotatable bonds is 8. The zero-order valence-electron chi connectivity index (χ0n) is 14.8. The van der Waals surface area contributed by atoms with Crippen molar-refractivity contribution in [1.82, 2.24) is 0 Å². The van der Waals surface area contributed by atoms with Crippen LogP contribution in [-0.4, -0.2) is 24.0 Å². The van der Waals surface area contributed by atoms with Crippen molar-refractivity contribution in [2.45, 2.75) is 26.7 Å². The molecule has 0 atom stereocenters. The molecule has 25 heavy (non-hydrogen) atoms. The summed E-state index contributed by atoms with van der Waals surface area (Å²) in [7, 11) is 0. The third-order valence-electron chi connectivity index (χ3n) is 3.73. The van der Waals surface area contributed by atoms with Crippen LogP contribution in [0.25, 0.3) is 0 Å². The molecule has 2 aromatic rings. The standard InChI is InChI=1S/C20H24ClNO2S/c1-14(2)18-6-4-5-15(3)20(18)22-19(23)13-25-12-11-24-17-9-7-16(21)8-10-17/h4-10,14H,11-13H2,1-3H3,(H,22,23). The average molecular weight is 378 g/mol. The number of hydrogen-bond donors (Lipinski definition) is 1. The number of nitrogens with one attached hydrogen (secondary N) is 1. The minimum absolute atomic E-state index is 0.0210. The van der Waals surface area contributed by atoms with Crippen LogP contribution in [0.2, 0.25) is 5.02 Å². The Morgan fingerprint density at radius 3 is 2.60 bits per heavy atom. The second kappa shape index (κ2) is 9.73. The van der Waals surface area contributed by atoms with E-state index in [-0.39, 0.29) is 5.91 Å². The number of halogens is 1. The number of ether oxygens (including phenoxy) is 1. The first-order chi connectivity index (χ1) is 12.0. The van der Waals surface area contributed by atoms with Gasteiger partial charge < -0.3 is 10.1 Å². The molecule has 5 heteroatoms. The molecule has 0 aliphatic carbocycles. The topological polar surface area (TPSA) is 38.3 Å². The fraction of sp³-hybridized carbons (Fsp3) is 0.350. The second-order valence-corrected chi connectivity index (χ2v) is 7.64. The first-order valence-electron chi connectivity index (χ1n) is 8.33. The molecule has 3 nitrogen and oxygen atoms in total. The molecular formula is C20H24ClNO2S. The number of hydrogen-bond acceptors (Lipinski definition) is 3. The van der Waals surface area contributed by atoms with Gasteiger partial charge in [-0.2, -0.15) is 0 Å². The van der Waals surface area contributed by atoms with Gasteiger partial charge in [0.15, 0.2) is 0 Å². The third-order valence-corrected chi connectivity index (χ3v) is 4.91. The van der Waals surface area contributed by atoms with Crippen LogP contribution in [0, 0.1) is 6.92 Å². The maximum Gasteiger partial charge on any atom is 0.234 e. The highest BCUT2D eigenvalue weighted by atomic mass is 35.5. The molecule has 0 fully saturated rings. The van der Waals surface area contributed by atoms with Crippen LogP contribution in [0.1, 0.15) is 30.9 Å². The van der Waals surface area contributed by atoms with Crippen molar-refractivity contribution in [3.8, 4) is 5.75 Å². The fourth-order valence-corrected chi connectivity index (χ4v) is 3.16. The molecular weight excluding hydrogens is 354 g/mol. The number of aryl methyl sites for hydroxylation is 1. The van der Waals surface area contributed by atoms with Crippen LogP contribution >= 0.6 is 23.4 Å².